The lowest BCUT2D eigenvalue weighted by Gasteiger charge is -2.15. The highest BCUT2D eigenvalue weighted by Crippen LogP contribution is 2.19. The van der Waals surface area contributed by atoms with Gasteiger partial charge in [-0.3, -0.25) is 4.21 Å². The van der Waals surface area contributed by atoms with E-state index in [1.165, 1.54) is 6.07 Å². The highest BCUT2D eigenvalue weighted by atomic mass is 32.2. The van der Waals surface area contributed by atoms with E-state index in [4.69, 9.17) is 0 Å². The molecule has 0 spiro atoms. The van der Waals surface area contributed by atoms with Crippen LogP contribution in [0.15, 0.2) is 24.3 Å². The summed E-state index contributed by atoms with van der Waals surface area (Å²) < 4.78 is 25.0. The molecular weight excluding hydrogens is 213 g/mol. The minimum atomic E-state index is -0.826. The van der Waals surface area contributed by atoms with Crippen LogP contribution in [0.4, 0.5) is 4.39 Å². The zero-order valence-electron chi connectivity index (χ0n) is 8.41. The van der Waals surface area contributed by atoms with Crippen LogP contribution in [-0.4, -0.2) is 22.3 Å². The third-order valence-corrected chi connectivity index (χ3v) is 4.02. The smallest absolute Gasteiger partial charge is 0.128 e. The molecule has 1 saturated heterocycles. The lowest BCUT2D eigenvalue weighted by Crippen LogP contribution is -2.24. The van der Waals surface area contributed by atoms with Crippen molar-refractivity contribution in [3.05, 3.63) is 35.6 Å². The van der Waals surface area contributed by atoms with Crippen LogP contribution in [0.3, 0.4) is 0 Å². The summed E-state index contributed by atoms with van der Waals surface area (Å²) in [5, 5.41) is 3.24. The molecule has 1 aliphatic heterocycles. The molecule has 1 heterocycles. The van der Waals surface area contributed by atoms with E-state index in [1.54, 1.807) is 12.1 Å². The zero-order valence-corrected chi connectivity index (χ0v) is 9.23. The van der Waals surface area contributed by atoms with E-state index in [9.17, 15) is 8.60 Å². The van der Waals surface area contributed by atoms with Crippen molar-refractivity contribution >= 4 is 10.8 Å². The maximum absolute atomic E-state index is 13.5. The first kappa shape index (κ1) is 10.8. The highest BCUT2D eigenvalue weighted by molar-refractivity contribution is 7.85. The summed E-state index contributed by atoms with van der Waals surface area (Å²) in [6, 6.07) is 6.59. The Labute approximate surface area is 91.3 Å². The van der Waals surface area contributed by atoms with Crippen molar-refractivity contribution in [2.45, 2.75) is 12.5 Å². The molecule has 2 nitrogen and oxygen atoms in total. The Hall–Kier alpha value is -0.740. The van der Waals surface area contributed by atoms with Crippen molar-refractivity contribution in [2.24, 2.45) is 0 Å². The van der Waals surface area contributed by atoms with E-state index in [1.807, 2.05) is 6.07 Å². The van der Waals surface area contributed by atoms with Crippen molar-refractivity contribution in [3.8, 4) is 0 Å². The van der Waals surface area contributed by atoms with Gasteiger partial charge in [0.1, 0.15) is 5.82 Å². The number of nitrogens with one attached hydrogen (secondary N) is 1. The molecule has 15 heavy (non-hydrogen) atoms. The second kappa shape index (κ2) is 4.86. The first-order chi connectivity index (χ1) is 7.27. The molecule has 2 unspecified atom stereocenters. The van der Waals surface area contributed by atoms with E-state index >= 15 is 0 Å². The maximum atomic E-state index is 13.5. The molecule has 1 aliphatic rings. The summed E-state index contributed by atoms with van der Waals surface area (Å²) >= 11 is 0. The van der Waals surface area contributed by atoms with Crippen LogP contribution < -0.4 is 5.32 Å². The van der Waals surface area contributed by atoms with Crippen LogP contribution in [0.5, 0.6) is 0 Å². The van der Waals surface area contributed by atoms with Gasteiger partial charge in [0, 0.05) is 33.9 Å². The Morgan fingerprint density at radius 2 is 2.20 bits per heavy atom. The van der Waals surface area contributed by atoms with Crippen molar-refractivity contribution < 1.29 is 8.60 Å². The number of hydrogen-bond acceptors (Lipinski definition) is 2. The fourth-order valence-electron chi connectivity index (χ4n) is 1.80. The van der Waals surface area contributed by atoms with Gasteiger partial charge in [-0.2, -0.15) is 0 Å². The molecule has 0 bridgehead atoms. The topological polar surface area (TPSA) is 29.1 Å². The maximum Gasteiger partial charge on any atom is 0.128 e. The number of hydrogen-bond donors (Lipinski definition) is 1. The predicted molar refractivity (Wildman–Crippen MR) is 59.6 cm³/mol. The highest BCUT2D eigenvalue weighted by Gasteiger charge is 2.20. The average molecular weight is 227 g/mol. The predicted octanol–water partition coefficient (Wildman–Crippen LogP) is 1.61. The molecule has 2 rings (SSSR count). The Kier molecular flexibility index (Phi) is 3.49. The van der Waals surface area contributed by atoms with Gasteiger partial charge < -0.3 is 5.32 Å². The van der Waals surface area contributed by atoms with Crippen LogP contribution in [0.25, 0.3) is 0 Å². The zero-order chi connectivity index (χ0) is 10.7. The molecule has 0 aliphatic carbocycles. The number of halogens is 1. The first-order valence-electron chi connectivity index (χ1n) is 5.10. The van der Waals surface area contributed by atoms with Crippen LogP contribution in [0.1, 0.15) is 18.0 Å². The first-order valence-corrected chi connectivity index (χ1v) is 6.59. The van der Waals surface area contributed by atoms with Crippen molar-refractivity contribution in [1.29, 1.82) is 0 Å². The third-order valence-electron chi connectivity index (χ3n) is 2.57. The second-order valence-corrected chi connectivity index (χ2v) is 5.31. The van der Waals surface area contributed by atoms with Gasteiger partial charge in [0.05, 0.1) is 0 Å². The Morgan fingerprint density at radius 3 is 3.00 bits per heavy atom. The SMILES string of the molecule is O=S1CCCNC(c2ccccc2F)C1. The van der Waals surface area contributed by atoms with Gasteiger partial charge in [-0.25, -0.2) is 4.39 Å². The summed E-state index contributed by atoms with van der Waals surface area (Å²) in [7, 11) is -0.826. The van der Waals surface area contributed by atoms with Gasteiger partial charge in [0.2, 0.25) is 0 Å². The fraction of sp³-hybridized carbons (Fsp3) is 0.455. The molecule has 0 amide bonds. The minimum absolute atomic E-state index is 0.102. The van der Waals surface area contributed by atoms with Crippen molar-refractivity contribution in [2.75, 3.05) is 18.1 Å². The summed E-state index contributed by atoms with van der Waals surface area (Å²) in [5.74, 6) is 1.02. The van der Waals surface area contributed by atoms with Gasteiger partial charge in [-0.05, 0) is 19.0 Å². The molecule has 1 aromatic carbocycles. The molecule has 0 radical (unpaired) electrons. The van der Waals surface area contributed by atoms with Gasteiger partial charge >= 0.3 is 0 Å². The van der Waals surface area contributed by atoms with Gasteiger partial charge in [0.25, 0.3) is 0 Å². The van der Waals surface area contributed by atoms with E-state index in [0.29, 0.717) is 11.3 Å². The standard InChI is InChI=1S/C11H14FNOS/c12-10-5-2-1-4-9(10)11-8-15(14)7-3-6-13-11/h1-2,4-5,11,13H,3,6-8H2. The lowest BCUT2D eigenvalue weighted by molar-refractivity contribution is 0.538. The average Bonchev–Trinajstić information content (AvgIpc) is 2.43. The molecule has 1 aromatic rings. The molecule has 0 saturated carbocycles. The quantitative estimate of drug-likeness (QED) is 0.789. The van der Waals surface area contributed by atoms with Crippen LogP contribution in [-0.2, 0) is 10.8 Å². The Bertz CT molecular complexity index is 369. The Balaban J connectivity index is 2.22. The second-order valence-electron chi connectivity index (χ2n) is 3.69. The molecule has 0 aromatic heterocycles. The van der Waals surface area contributed by atoms with E-state index in [0.717, 1.165) is 18.7 Å². The van der Waals surface area contributed by atoms with E-state index in [-0.39, 0.29) is 11.9 Å². The van der Waals surface area contributed by atoms with Crippen LogP contribution in [0, 0.1) is 5.82 Å². The molecule has 1 fully saturated rings. The monoisotopic (exact) mass is 227 g/mol. The molecular formula is C11H14FNOS. The molecule has 82 valence electrons. The fourth-order valence-corrected chi connectivity index (χ4v) is 3.10. The van der Waals surface area contributed by atoms with Crippen LogP contribution in [0.2, 0.25) is 0 Å². The van der Waals surface area contributed by atoms with Crippen LogP contribution >= 0.6 is 0 Å². The van der Waals surface area contributed by atoms with Gasteiger partial charge in [-0.15, -0.1) is 0 Å². The molecule has 1 N–H and O–H groups in total. The summed E-state index contributed by atoms with van der Waals surface area (Å²) in [5.41, 5.74) is 0.632. The largest absolute Gasteiger partial charge is 0.309 e. The third kappa shape index (κ3) is 2.63. The molecule has 2 atom stereocenters. The van der Waals surface area contributed by atoms with E-state index in [2.05, 4.69) is 5.32 Å². The lowest BCUT2D eigenvalue weighted by atomic mass is 10.1. The molecule has 4 heteroatoms. The minimum Gasteiger partial charge on any atom is -0.309 e. The van der Waals surface area contributed by atoms with Gasteiger partial charge in [0.15, 0.2) is 0 Å². The summed E-state index contributed by atoms with van der Waals surface area (Å²) in [6.07, 6.45) is 0.900. The number of rotatable bonds is 1. The Morgan fingerprint density at radius 1 is 1.40 bits per heavy atom. The van der Waals surface area contributed by atoms with Gasteiger partial charge in [-0.1, -0.05) is 18.2 Å². The normalized spacial score (nSPS) is 27.3. The van der Waals surface area contributed by atoms with Crippen molar-refractivity contribution in [1.82, 2.24) is 5.32 Å². The van der Waals surface area contributed by atoms with Crippen molar-refractivity contribution in [3.63, 3.8) is 0 Å². The summed E-state index contributed by atoms with van der Waals surface area (Å²) in [6.45, 7) is 0.810. The number of benzene rings is 1. The summed E-state index contributed by atoms with van der Waals surface area (Å²) in [4.78, 5) is 0. The van der Waals surface area contributed by atoms with E-state index < -0.39 is 10.8 Å².